The molecule has 0 N–H and O–H groups in total. The molecule has 0 fully saturated rings. The third-order valence-electron chi connectivity index (χ3n) is 2.61. The molecule has 2 aromatic rings. The molecule has 7 heteroatoms. The Labute approximate surface area is 119 Å². The molecule has 0 unspecified atom stereocenters. The number of halogens is 6. The van der Waals surface area contributed by atoms with Crippen LogP contribution >= 0.6 is 15.9 Å². The highest BCUT2D eigenvalue weighted by Crippen LogP contribution is 2.36. The minimum absolute atomic E-state index is 0.0421. The van der Waals surface area contributed by atoms with Gasteiger partial charge in [0.2, 0.25) is 0 Å². The number of hydrogen-bond acceptors (Lipinski definition) is 1. The maximum absolute atomic E-state index is 12.7. The molecule has 20 heavy (non-hydrogen) atoms. The Kier molecular flexibility index (Phi) is 3.90. The van der Waals surface area contributed by atoms with Crippen LogP contribution in [-0.4, -0.2) is 18.7 Å². The van der Waals surface area contributed by atoms with Crippen LogP contribution in [0.3, 0.4) is 0 Å². The molecule has 0 aliphatic rings. The van der Waals surface area contributed by atoms with E-state index in [1.54, 1.807) is 24.3 Å². The molecule has 2 rings (SSSR count). The predicted molar refractivity (Wildman–Crippen MR) is 68.1 cm³/mol. The first-order valence-corrected chi connectivity index (χ1v) is 6.25. The second-order valence-corrected chi connectivity index (χ2v) is 5.06. The van der Waals surface area contributed by atoms with E-state index in [1.807, 2.05) is 0 Å². The molecular formula is C13H8BrF5O. The molecule has 0 aliphatic carbocycles. The average Bonchev–Trinajstić information content (AvgIpc) is 2.34. The number of rotatable bonds is 3. The largest absolute Gasteiger partial charge is 0.487 e. The lowest BCUT2D eigenvalue weighted by molar-refractivity contribution is -0.290. The van der Waals surface area contributed by atoms with E-state index < -0.39 is 18.7 Å². The number of alkyl halides is 5. The van der Waals surface area contributed by atoms with Crippen molar-refractivity contribution >= 4 is 26.7 Å². The quantitative estimate of drug-likeness (QED) is 0.690. The van der Waals surface area contributed by atoms with Crippen molar-refractivity contribution in [1.29, 1.82) is 0 Å². The first kappa shape index (κ1) is 15.0. The van der Waals surface area contributed by atoms with E-state index >= 15 is 0 Å². The number of benzene rings is 2. The third-order valence-corrected chi connectivity index (χ3v) is 3.10. The smallest absolute Gasteiger partial charge is 0.456 e. The molecule has 1 nitrogen and oxygen atoms in total. The summed E-state index contributed by atoms with van der Waals surface area (Å²) in [5.41, 5.74) is 0. The Hall–Kier alpha value is -1.37. The maximum Gasteiger partial charge on any atom is 0.456 e. The van der Waals surface area contributed by atoms with Gasteiger partial charge in [-0.3, -0.25) is 0 Å². The third kappa shape index (κ3) is 3.20. The molecule has 0 radical (unpaired) electrons. The lowest BCUT2D eigenvalue weighted by Gasteiger charge is -2.19. The van der Waals surface area contributed by atoms with E-state index in [2.05, 4.69) is 20.7 Å². The molecule has 0 heterocycles. The predicted octanol–water partition coefficient (Wildman–Crippen LogP) is 5.18. The summed E-state index contributed by atoms with van der Waals surface area (Å²) < 4.78 is 66.8. The van der Waals surface area contributed by atoms with Crippen LogP contribution in [0.2, 0.25) is 0 Å². The van der Waals surface area contributed by atoms with Crippen molar-refractivity contribution in [2.45, 2.75) is 12.1 Å². The minimum Gasteiger partial charge on any atom is -0.487 e. The molecule has 108 valence electrons. The van der Waals surface area contributed by atoms with E-state index in [0.29, 0.717) is 5.39 Å². The topological polar surface area (TPSA) is 9.23 Å². The number of hydrogen-bond donors (Lipinski definition) is 0. The lowest BCUT2D eigenvalue weighted by Crippen LogP contribution is -2.41. The highest BCUT2D eigenvalue weighted by Gasteiger charge is 2.58. The van der Waals surface area contributed by atoms with E-state index in [1.165, 1.54) is 12.1 Å². The summed E-state index contributed by atoms with van der Waals surface area (Å²) >= 11 is 3.24. The molecule has 0 saturated heterocycles. The van der Waals surface area contributed by atoms with Crippen LogP contribution in [0.15, 0.2) is 40.9 Å². The maximum atomic E-state index is 12.7. The zero-order valence-corrected chi connectivity index (χ0v) is 11.4. The van der Waals surface area contributed by atoms with Crippen molar-refractivity contribution in [3.05, 3.63) is 40.9 Å². The summed E-state index contributed by atoms with van der Waals surface area (Å²) in [6.07, 6.45) is -5.62. The van der Waals surface area contributed by atoms with Gasteiger partial charge in [-0.15, -0.1) is 0 Å². The summed E-state index contributed by atoms with van der Waals surface area (Å²) in [5, 5.41) is 1.50. The van der Waals surface area contributed by atoms with Gasteiger partial charge in [0.05, 0.1) is 0 Å². The van der Waals surface area contributed by atoms with Gasteiger partial charge in [0.15, 0.2) is 6.61 Å². The summed E-state index contributed by atoms with van der Waals surface area (Å²) in [7, 11) is 0. The van der Waals surface area contributed by atoms with Gasteiger partial charge in [-0.25, -0.2) is 0 Å². The fraction of sp³-hybridized carbons (Fsp3) is 0.231. The summed E-state index contributed by atoms with van der Waals surface area (Å²) in [5.74, 6) is -4.92. The fourth-order valence-electron chi connectivity index (χ4n) is 1.54. The molecule has 0 bridgehead atoms. The normalized spacial score (nSPS) is 12.7. The van der Waals surface area contributed by atoms with Crippen molar-refractivity contribution in [3.8, 4) is 5.75 Å². The summed E-state index contributed by atoms with van der Waals surface area (Å²) in [6.45, 7) is -1.74. The minimum atomic E-state index is -5.62. The lowest BCUT2D eigenvalue weighted by atomic mass is 10.1. The Balaban J connectivity index is 2.18. The summed E-state index contributed by atoms with van der Waals surface area (Å²) in [6, 6.07) is 9.64. The standard InChI is InChI=1S/C13H8BrF5O/c14-10-3-1-8-2-4-11(6-9(8)5-10)20-7-12(15,16)13(17,18)19/h1-6H,7H2. The second kappa shape index (κ2) is 5.20. The Morgan fingerprint density at radius 2 is 1.55 bits per heavy atom. The molecular weight excluding hydrogens is 347 g/mol. The molecule has 2 aromatic carbocycles. The van der Waals surface area contributed by atoms with Gasteiger partial charge >= 0.3 is 12.1 Å². The highest BCUT2D eigenvalue weighted by molar-refractivity contribution is 9.10. The van der Waals surface area contributed by atoms with Gasteiger partial charge in [0.25, 0.3) is 0 Å². The van der Waals surface area contributed by atoms with Crippen LogP contribution in [0.25, 0.3) is 10.8 Å². The van der Waals surface area contributed by atoms with E-state index in [-0.39, 0.29) is 5.75 Å². The molecule has 0 amide bonds. The van der Waals surface area contributed by atoms with Crippen LogP contribution < -0.4 is 4.74 Å². The first-order chi connectivity index (χ1) is 9.19. The van der Waals surface area contributed by atoms with Crippen molar-refractivity contribution in [1.82, 2.24) is 0 Å². The van der Waals surface area contributed by atoms with Gasteiger partial charge in [-0.05, 0) is 35.0 Å². The zero-order chi connectivity index (χ0) is 15.0. The van der Waals surface area contributed by atoms with Crippen molar-refractivity contribution in [3.63, 3.8) is 0 Å². The Morgan fingerprint density at radius 3 is 2.20 bits per heavy atom. The van der Waals surface area contributed by atoms with Crippen LogP contribution in [-0.2, 0) is 0 Å². The van der Waals surface area contributed by atoms with E-state index in [0.717, 1.165) is 9.86 Å². The van der Waals surface area contributed by atoms with Crippen molar-refractivity contribution in [2.75, 3.05) is 6.61 Å². The number of fused-ring (bicyclic) bond motifs is 1. The molecule has 0 aliphatic heterocycles. The highest BCUT2D eigenvalue weighted by atomic mass is 79.9. The van der Waals surface area contributed by atoms with Gasteiger partial charge in [-0.1, -0.05) is 28.1 Å². The van der Waals surface area contributed by atoms with Crippen LogP contribution in [0, 0.1) is 0 Å². The van der Waals surface area contributed by atoms with Crippen molar-refractivity contribution in [2.24, 2.45) is 0 Å². The monoisotopic (exact) mass is 354 g/mol. The SMILES string of the molecule is FC(F)(F)C(F)(F)COc1ccc2ccc(Br)cc2c1. The number of ether oxygens (including phenoxy) is 1. The van der Waals surface area contributed by atoms with Crippen LogP contribution in [0.4, 0.5) is 22.0 Å². The average molecular weight is 355 g/mol. The van der Waals surface area contributed by atoms with Gasteiger partial charge in [0, 0.05) is 4.47 Å². The first-order valence-electron chi connectivity index (χ1n) is 5.46. The van der Waals surface area contributed by atoms with E-state index in [4.69, 9.17) is 0 Å². The van der Waals surface area contributed by atoms with Gasteiger partial charge in [0.1, 0.15) is 5.75 Å². The molecule has 0 spiro atoms. The second-order valence-electron chi connectivity index (χ2n) is 4.14. The van der Waals surface area contributed by atoms with E-state index in [9.17, 15) is 22.0 Å². The van der Waals surface area contributed by atoms with Gasteiger partial charge in [-0.2, -0.15) is 22.0 Å². The van der Waals surface area contributed by atoms with Crippen LogP contribution in [0.5, 0.6) is 5.75 Å². The summed E-state index contributed by atoms with van der Waals surface area (Å²) in [4.78, 5) is 0. The fourth-order valence-corrected chi connectivity index (χ4v) is 1.92. The van der Waals surface area contributed by atoms with Crippen molar-refractivity contribution < 1.29 is 26.7 Å². The molecule has 0 aromatic heterocycles. The van der Waals surface area contributed by atoms with Crippen LogP contribution in [0.1, 0.15) is 0 Å². The zero-order valence-electron chi connectivity index (χ0n) is 9.85. The molecule has 0 saturated carbocycles. The van der Waals surface area contributed by atoms with Gasteiger partial charge < -0.3 is 4.74 Å². The Bertz CT molecular complexity index is 624. The Morgan fingerprint density at radius 1 is 0.900 bits per heavy atom. The molecule has 0 atom stereocenters.